The number of nitrogen functional groups attached to an aromatic ring is 1. The Hall–Kier alpha value is -2.83. The monoisotopic (exact) mass is 299 g/mol. The van der Waals surface area contributed by atoms with E-state index in [1.165, 1.54) is 4.57 Å². The fraction of sp³-hybridized carbons (Fsp3) is 0.267. The van der Waals surface area contributed by atoms with Crippen LogP contribution in [0.25, 0.3) is 11.2 Å². The normalized spacial score (nSPS) is 11.2. The lowest BCUT2D eigenvalue weighted by Crippen LogP contribution is -2.29. The number of fused-ring (bicyclic) bond motifs is 1. The fourth-order valence-corrected chi connectivity index (χ4v) is 2.55. The quantitative estimate of drug-likeness (QED) is 0.726. The van der Waals surface area contributed by atoms with Gasteiger partial charge in [0.15, 0.2) is 11.2 Å². The molecule has 0 spiro atoms. The van der Waals surface area contributed by atoms with Crippen molar-refractivity contribution < 1.29 is 0 Å². The Morgan fingerprint density at radius 2 is 2.00 bits per heavy atom. The number of aromatic nitrogens is 4. The molecule has 0 aliphatic carbocycles. The first kappa shape index (κ1) is 14.1. The van der Waals surface area contributed by atoms with Gasteiger partial charge in [-0.3, -0.25) is 14.3 Å². The molecule has 2 aromatic heterocycles. The van der Waals surface area contributed by atoms with Gasteiger partial charge in [0.25, 0.3) is 5.56 Å². The molecule has 0 bridgehead atoms. The highest BCUT2D eigenvalue weighted by molar-refractivity contribution is 5.73. The standard InChI is InChI=1S/C15H17N5O2/c1-8-4-5-9(2)10(6-8)7-20-11-12(17-14(20)16)19(3)15(22)18-13(11)21/h4-6H,7H2,1-3H3,(H2,16,17)(H,18,21,22). The zero-order chi connectivity index (χ0) is 16.0. The topological polar surface area (TPSA) is 98.7 Å². The second kappa shape index (κ2) is 4.87. The summed E-state index contributed by atoms with van der Waals surface area (Å²) in [6.45, 7) is 4.44. The van der Waals surface area contributed by atoms with E-state index < -0.39 is 11.2 Å². The van der Waals surface area contributed by atoms with Crippen LogP contribution in [0.1, 0.15) is 16.7 Å². The third-order valence-corrected chi connectivity index (χ3v) is 3.87. The lowest BCUT2D eigenvalue weighted by molar-refractivity contribution is 0.808. The maximum Gasteiger partial charge on any atom is 0.329 e. The highest BCUT2D eigenvalue weighted by Gasteiger charge is 2.16. The number of H-pyrrole nitrogens is 1. The number of hydrogen-bond acceptors (Lipinski definition) is 4. The van der Waals surface area contributed by atoms with Gasteiger partial charge in [-0.05, 0) is 25.0 Å². The lowest BCUT2D eigenvalue weighted by atomic mass is 10.1. The molecule has 0 radical (unpaired) electrons. The highest BCUT2D eigenvalue weighted by Crippen LogP contribution is 2.18. The molecule has 0 saturated heterocycles. The molecule has 114 valence electrons. The van der Waals surface area contributed by atoms with Crippen molar-refractivity contribution in [1.82, 2.24) is 19.1 Å². The van der Waals surface area contributed by atoms with Crippen molar-refractivity contribution in [3.63, 3.8) is 0 Å². The minimum Gasteiger partial charge on any atom is -0.369 e. The molecule has 22 heavy (non-hydrogen) atoms. The van der Waals surface area contributed by atoms with Crippen molar-refractivity contribution in [3.8, 4) is 0 Å². The third-order valence-electron chi connectivity index (χ3n) is 3.87. The van der Waals surface area contributed by atoms with E-state index in [0.717, 1.165) is 16.7 Å². The molecule has 0 saturated carbocycles. The summed E-state index contributed by atoms with van der Waals surface area (Å²) in [6, 6.07) is 6.11. The third kappa shape index (κ3) is 2.11. The van der Waals surface area contributed by atoms with E-state index in [0.29, 0.717) is 12.1 Å². The van der Waals surface area contributed by atoms with Crippen LogP contribution in [0.2, 0.25) is 0 Å². The Bertz CT molecular complexity index is 994. The van der Waals surface area contributed by atoms with Crippen molar-refractivity contribution in [2.24, 2.45) is 7.05 Å². The van der Waals surface area contributed by atoms with Crippen molar-refractivity contribution in [1.29, 1.82) is 0 Å². The summed E-state index contributed by atoms with van der Waals surface area (Å²) in [6.07, 6.45) is 0. The minimum absolute atomic E-state index is 0.211. The van der Waals surface area contributed by atoms with Gasteiger partial charge < -0.3 is 10.3 Å². The summed E-state index contributed by atoms with van der Waals surface area (Å²) >= 11 is 0. The van der Waals surface area contributed by atoms with Gasteiger partial charge in [0.05, 0.1) is 6.54 Å². The summed E-state index contributed by atoms with van der Waals surface area (Å²) < 4.78 is 2.92. The van der Waals surface area contributed by atoms with Gasteiger partial charge in [0, 0.05) is 7.05 Å². The maximum absolute atomic E-state index is 12.1. The number of benzene rings is 1. The van der Waals surface area contributed by atoms with Gasteiger partial charge in [-0.15, -0.1) is 0 Å². The Morgan fingerprint density at radius 3 is 2.73 bits per heavy atom. The number of nitrogens with two attached hydrogens (primary N) is 1. The SMILES string of the molecule is Cc1ccc(C)c(Cn2c(N)nc3c2c(=O)[nH]c(=O)n3C)c1. The number of rotatable bonds is 2. The van der Waals surface area contributed by atoms with Crippen LogP contribution in [0.15, 0.2) is 27.8 Å². The van der Waals surface area contributed by atoms with Crippen molar-refractivity contribution in [3.05, 3.63) is 55.7 Å². The summed E-state index contributed by atoms with van der Waals surface area (Å²) in [7, 11) is 1.55. The predicted octanol–water partition coefficient (Wildman–Crippen LogP) is 0.671. The van der Waals surface area contributed by atoms with Crippen molar-refractivity contribution >= 4 is 17.1 Å². The average molecular weight is 299 g/mol. The Labute approximate surface area is 126 Å². The number of nitrogens with zero attached hydrogens (tertiary/aromatic N) is 3. The summed E-state index contributed by atoms with van der Waals surface area (Å²) in [5.74, 6) is 0.211. The van der Waals surface area contributed by atoms with Gasteiger partial charge in [-0.1, -0.05) is 23.8 Å². The number of aromatic amines is 1. The van der Waals surface area contributed by atoms with E-state index in [-0.39, 0.29) is 11.6 Å². The molecular formula is C15H17N5O2. The number of nitrogens with one attached hydrogen (secondary N) is 1. The zero-order valence-corrected chi connectivity index (χ0v) is 12.7. The second-order valence-electron chi connectivity index (χ2n) is 5.48. The van der Waals surface area contributed by atoms with E-state index in [1.807, 2.05) is 26.0 Å². The van der Waals surface area contributed by atoms with Crippen LogP contribution in [0.5, 0.6) is 0 Å². The Balaban J connectivity index is 2.26. The van der Waals surface area contributed by atoms with Crippen LogP contribution in [0, 0.1) is 13.8 Å². The molecule has 3 aromatic rings. The van der Waals surface area contributed by atoms with Gasteiger partial charge >= 0.3 is 5.69 Å². The summed E-state index contributed by atoms with van der Waals surface area (Å²) in [5, 5.41) is 0. The van der Waals surface area contributed by atoms with E-state index in [1.54, 1.807) is 11.6 Å². The summed E-state index contributed by atoms with van der Waals surface area (Å²) in [5.41, 5.74) is 8.86. The first-order valence-corrected chi connectivity index (χ1v) is 6.89. The Morgan fingerprint density at radius 1 is 1.27 bits per heavy atom. The van der Waals surface area contributed by atoms with E-state index in [9.17, 15) is 9.59 Å². The molecule has 2 heterocycles. The summed E-state index contributed by atoms with van der Waals surface area (Å²) in [4.78, 5) is 30.2. The zero-order valence-electron chi connectivity index (χ0n) is 12.7. The molecule has 1 aromatic carbocycles. The predicted molar refractivity (Wildman–Crippen MR) is 85.0 cm³/mol. The second-order valence-corrected chi connectivity index (χ2v) is 5.48. The minimum atomic E-state index is -0.506. The largest absolute Gasteiger partial charge is 0.369 e. The molecule has 0 atom stereocenters. The number of imidazole rings is 1. The smallest absolute Gasteiger partial charge is 0.329 e. The van der Waals surface area contributed by atoms with E-state index in [2.05, 4.69) is 16.0 Å². The van der Waals surface area contributed by atoms with Gasteiger partial charge in [-0.2, -0.15) is 4.98 Å². The molecule has 3 N–H and O–H groups in total. The molecule has 0 aliphatic heterocycles. The molecule has 0 unspecified atom stereocenters. The van der Waals surface area contributed by atoms with E-state index >= 15 is 0 Å². The molecule has 7 nitrogen and oxygen atoms in total. The molecule has 0 amide bonds. The first-order chi connectivity index (χ1) is 10.4. The number of anilines is 1. The van der Waals surface area contributed by atoms with Crippen LogP contribution in [0.4, 0.5) is 5.95 Å². The van der Waals surface area contributed by atoms with Gasteiger partial charge in [-0.25, -0.2) is 4.79 Å². The highest BCUT2D eigenvalue weighted by atomic mass is 16.2. The molecule has 0 fully saturated rings. The fourth-order valence-electron chi connectivity index (χ4n) is 2.55. The van der Waals surface area contributed by atoms with Crippen molar-refractivity contribution in [2.75, 3.05) is 5.73 Å². The van der Waals surface area contributed by atoms with Gasteiger partial charge in [0.2, 0.25) is 5.95 Å². The van der Waals surface area contributed by atoms with Crippen LogP contribution < -0.4 is 17.0 Å². The average Bonchev–Trinajstić information content (AvgIpc) is 2.78. The van der Waals surface area contributed by atoms with Crippen LogP contribution in [0.3, 0.4) is 0 Å². The molecule has 0 aliphatic rings. The maximum atomic E-state index is 12.1. The van der Waals surface area contributed by atoms with Crippen molar-refractivity contribution in [2.45, 2.75) is 20.4 Å². The van der Waals surface area contributed by atoms with Crippen LogP contribution >= 0.6 is 0 Å². The lowest BCUT2D eigenvalue weighted by Gasteiger charge is -2.10. The molecule has 3 rings (SSSR count). The van der Waals surface area contributed by atoms with Crippen LogP contribution in [-0.4, -0.2) is 19.1 Å². The first-order valence-electron chi connectivity index (χ1n) is 6.89. The van der Waals surface area contributed by atoms with E-state index in [4.69, 9.17) is 5.73 Å². The molecule has 7 heteroatoms. The number of aryl methyl sites for hydroxylation is 3. The van der Waals surface area contributed by atoms with Gasteiger partial charge in [0.1, 0.15) is 0 Å². The Kier molecular flexibility index (Phi) is 3.13. The molecular weight excluding hydrogens is 282 g/mol. The number of hydrogen-bond donors (Lipinski definition) is 2. The van der Waals surface area contributed by atoms with Crippen LogP contribution in [-0.2, 0) is 13.6 Å².